The maximum atomic E-state index is 12.1. The lowest BCUT2D eigenvalue weighted by Crippen LogP contribution is -2.36. The Morgan fingerprint density at radius 2 is 1.84 bits per heavy atom. The number of amides is 2. The van der Waals surface area contributed by atoms with E-state index in [1.807, 2.05) is 68.4 Å². The first kappa shape index (κ1) is 17.0. The van der Waals surface area contributed by atoms with Crippen molar-refractivity contribution in [1.82, 2.24) is 10.6 Å². The summed E-state index contributed by atoms with van der Waals surface area (Å²) in [5, 5.41) is 5.81. The number of benzene rings is 2. The highest BCUT2D eigenvalue weighted by molar-refractivity contribution is 5.74. The molecule has 0 aliphatic carbocycles. The molecular weight excluding hydrogens is 318 g/mol. The molecule has 132 valence electrons. The van der Waals surface area contributed by atoms with Crippen LogP contribution in [0.4, 0.5) is 10.5 Å². The monoisotopic (exact) mass is 341 g/mol. The number of urea groups is 1. The number of nitrogens with zero attached hydrogens (tertiary/aromatic N) is 1. The average Bonchev–Trinajstić information content (AvgIpc) is 3.08. The van der Waals surface area contributed by atoms with Crippen LogP contribution in [0.25, 0.3) is 0 Å². The number of ether oxygens (including phenoxy) is 2. The maximum Gasteiger partial charge on any atom is 0.315 e. The van der Waals surface area contributed by atoms with Crippen molar-refractivity contribution in [2.75, 3.05) is 25.8 Å². The van der Waals surface area contributed by atoms with Crippen molar-refractivity contribution < 1.29 is 14.3 Å². The van der Waals surface area contributed by atoms with E-state index in [0.29, 0.717) is 12.3 Å². The Balaban J connectivity index is 1.51. The maximum absolute atomic E-state index is 12.1. The second kappa shape index (κ2) is 7.34. The molecule has 3 rings (SSSR count). The van der Waals surface area contributed by atoms with Crippen LogP contribution in [-0.4, -0.2) is 26.9 Å². The van der Waals surface area contributed by atoms with E-state index in [2.05, 4.69) is 10.6 Å². The van der Waals surface area contributed by atoms with Crippen LogP contribution in [0, 0.1) is 0 Å². The summed E-state index contributed by atoms with van der Waals surface area (Å²) in [5.41, 5.74) is 3.15. The highest BCUT2D eigenvalue weighted by Crippen LogP contribution is 2.34. The average molecular weight is 341 g/mol. The molecule has 1 unspecified atom stereocenters. The van der Waals surface area contributed by atoms with Gasteiger partial charge in [-0.25, -0.2) is 4.79 Å². The largest absolute Gasteiger partial charge is 0.454 e. The number of fused-ring (bicyclic) bond motifs is 1. The molecule has 1 heterocycles. The molecule has 0 bridgehead atoms. The summed E-state index contributed by atoms with van der Waals surface area (Å²) < 4.78 is 10.7. The summed E-state index contributed by atoms with van der Waals surface area (Å²) in [6.45, 7) is 2.66. The third-order valence-corrected chi connectivity index (χ3v) is 4.15. The molecule has 0 saturated heterocycles. The van der Waals surface area contributed by atoms with Gasteiger partial charge in [-0.1, -0.05) is 18.2 Å². The van der Waals surface area contributed by atoms with E-state index in [-0.39, 0.29) is 18.9 Å². The minimum Gasteiger partial charge on any atom is -0.454 e. The topological polar surface area (TPSA) is 62.8 Å². The highest BCUT2D eigenvalue weighted by atomic mass is 16.7. The third kappa shape index (κ3) is 4.15. The molecule has 0 aromatic heterocycles. The van der Waals surface area contributed by atoms with E-state index >= 15 is 0 Å². The molecule has 0 spiro atoms. The van der Waals surface area contributed by atoms with Gasteiger partial charge < -0.3 is 25.0 Å². The lowest BCUT2D eigenvalue weighted by atomic mass is 10.1. The van der Waals surface area contributed by atoms with Gasteiger partial charge in [0.25, 0.3) is 0 Å². The van der Waals surface area contributed by atoms with Gasteiger partial charge in [-0.2, -0.15) is 0 Å². The minimum atomic E-state index is -0.207. The van der Waals surface area contributed by atoms with Crippen LogP contribution in [0.15, 0.2) is 42.5 Å². The predicted octanol–water partition coefficient (Wildman–Crippen LogP) is 3.04. The number of anilines is 1. The first-order chi connectivity index (χ1) is 12.0. The van der Waals surface area contributed by atoms with Crippen LogP contribution in [0.2, 0.25) is 0 Å². The van der Waals surface area contributed by atoms with Gasteiger partial charge in [0.15, 0.2) is 11.5 Å². The summed E-state index contributed by atoms with van der Waals surface area (Å²) in [6.07, 6.45) is 0. The molecule has 2 aromatic rings. The molecule has 1 aliphatic heterocycles. The molecule has 2 N–H and O–H groups in total. The number of carbonyl (C=O) groups excluding carboxylic acids is 1. The fourth-order valence-corrected chi connectivity index (χ4v) is 2.61. The molecule has 6 nitrogen and oxygen atoms in total. The standard InChI is InChI=1S/C19H23N3O3/c1-13(15-6-9-17-18(10-15)25-12-24-17)21-19(23)20-11-14-4-7-16(8-5-14)22(2)3/h4-10,13H,11-12H2,1-3H3,(H2,20,21,23). The van der Waals surface area contributed by atoms with Gasteiger partial charge >= 0.3 is 6.03 Å². The van der Waals surface area contributed by atoms with Crippen molar-refractivity contribution in [3.8, 4) is 11.5 Å². The van der Waals surface area contributed by atoms with Gasteiger partial charge in [0.05, 0.1) is 6.04 Å². The van der Waals surface area contributed by atoms with E-state index in [1.165, 1.54) is 0 Å². The molecule has 1 aliphatic rings. The van der Waals surface area contributed by atoms with E-state index < -0.39 is 0 Å². The lowest BCUT2D eigenvalue weighted by molar-refractivity contribution is 0.174. The second-order valence-electron chi connectivity index (χ2n) is 6.22. The van der Waals surface area contributed by atoms with Crippen molar-refractivity contribution in [1.29, 1.82) is 0 Å². The zero-order valence-corrected chi connectivity index (χ0v) is 14.7. The van der Waals surface area contributed by atoms with E-state index in [0.717, 1.165) is 22.6 Å². The summed E-state index contributed by atoms with van der Waals surface area (Å²) >= 11 is 0. The highest BCUT2D eigenvalue weighted by Gasteiger charge is 2.16. The fraction of sp³-hybridized carbons (Fsp3) is 0.316. The molecule has 0 fully saturated rings. The predicted molar refractivity (Wildman–Crippen MR) is 97.1 cm³/mol. The normalized spacial score (nSPS) is 13.2. The van der Waals surface area contributed by atoms with Gasteiger partial charge in [-0.15, -0.1) is 0 Å². The van der Waals surface area contributed by atoms with Crippen molar-refractivity contribution in [3.63, 3.8) is 0 Å². The zero-order chi connectivity index (χ0) is 17.8. The Labute approximate surface area is 147 Å². The van der Waals surface area contributed by atoms with Gasteiger partial charge in [0, 0.05) is 26.3 Å². The third-order valence-electron chi connectivity index (χ3n) is 4.15. The molecular formula is C19H23N3O3. The SMILES string of the molecule is CC(NC(=O)NCc1ccc(N(C)C)cc1)c1ccc2c(c1)OCO2. The van der Waals surface area contributed by atoms with Crippen molar-refractivity contribution in [2.45, 2.75) is 19.5 Å². The van der Waals surface area contributed by atoms with Gasteiger partial charge in [0.2, 0.25) is 6.79 Å². The van der Waals surface area contributed by atoms with Crippen LogP contribution in [0.5, 0.6) is 11.5 Å². The molecule has 0 radical (unpaired) electrons. The van der Waals surface area contributed by atoms with Crippen LogP contribution in [-0.2, 0) is 6.54 Å². The van der Waals surface area contributed by atoms with Crippen LogP contribution < -0.4 is 25.0 Å². The lowest BCUT2D eigenvalue weighted by Gasteiger charge is -2.16. The van der Waals surface area contributed by atoms with Crippen LogP contribution >= 0.6 is 0 Å². The van der Waals surface area contributed by atoms with Crippen LogP contribution in [0.1, 0.15) is 24.1 Å². The summed E-state index contributed by atoms with van der Waals surface area (Å²) in [5.74, 6) is 1.45. The smallest absolute Gasteiger partial charge is 0.315 e. The van der Waals surface area contributed by atoms with E-state index in [1.54, 1.807) is 0 Å². The number of rotatable bonds is 5. The van der Waals surface area contributed by atoms with E-state index in [4.69, 9.17) is 9.47 Å². The zero-order valence-electron chi connectivity index (χ0n) is 14.7. The fourth-order valence-electron chi connectivity index (χ4n) is 2.61. The Kier molecular flexibility index (Phi) is 4.97. The first-order valence-electron chi connectivity index (χ1n) is 8.23. The van der Waals surface area contributed by atoms with Crippen LogP contribution in [0.3, 0.4) is 0 Å². The Morgan fingerprint density at radius 3 is 2.56 bits per heavy atom. The first-order valence-corrected chi connectivity index (χ1v) is 8.23. The quantitative estimate of drug-likeness (QED) is 0.877. The summed E-state index contributed by atoms with van der Waals surface area (Å²) in [4.78, 5) is 14.2. The minimum absolute atomic E-state index is 0.134. The molecule has 25 heavy (non-hydrogen) atoms. The molecule has 6 heteroatoms. The Hall–Kier alpha value is -2.89. The Morgan fingerprint density at radius 1 is 1.12 bits per heavy atom. The van der Waals surface area contributed by atoms with E-state index in [9.17, 15) is 4.79 Å². The molecule has 2 amide bonds. The number of carbonyl (C=O) groups is 1. The van der Waals surface area contributed by atoms with Gasteiger partial charge in [-0.05, 0) is 42.3 Å². The molecule has 2 aromatic carbocycles. The summed E-state index contributed by atoms with van der Waals surface area (Å²) in [7, 11) is 4.00. The van der Waals surface area contributed by atoms with Gasteiger partial charge in [0.1, 0.15) is 0 Å². The number of hydrogen-bond donors (Lipinski definition) is 2. The number of nitrogens with one attached hydrogen (secondary N) is 2. The van der Waals surface area contributed by atoms with Crippen molar-refractivity contribution >= 4 is 11.7 Å². The molecule has 0 saturated carbocycles. The van der Waals surface area contributed by atoms with Crippen molar-refractivity contribution in [3.05, 3.63) is 53.6 Å². The van der Waals surface area contributed by atoms with Crippen molar-refractivity contribution in [2.24, 2.45) is 0 Å². The number of hydrogen-bond acceptors (Lipinski definition) is 4. The van der Waals surface area contributed by atoms with Gasteiger partial charge in [-0.3, -0.25) is 0 Å². The summed E-state index contributed by atoms with van der Waals surface area (Å²) in [6, 6.07) is 13.4. The Bertz CT molecular complexity index is 744. The second-order valence-corrected chi connectivity index (χ2v) is 6.22. The molecule has 1 atom stereocenters.